The molecule has 2 aromatic carbocycles. The Morgan fingerprint density at radius 2 is 2.09 bits per heavy atom. The number of aryl methyl sites for hydroxylation is 1. The van der Waals surface area contributed by atoms with E-state index in [0.717, 1.165) is 0 Å². The molecule has 0 aromatic heterocycles. The van der Waals surface area contributed by atoms with Crippen molar-refractivity contribution >= 4 is 11.7 Å². The molecule has 0 spiro atoms. The third kappa shape index (κ3) is 3.66. The van der Waals surface area contributed by atoms with Gasteiger partial charge in [0.25, 0.3) is 0 Å². The molecule has 0 saturated carbocycles. The molecule has 0 bridgehead atoms. The smallest absolute Gasteiger partial charge is 0.319 e. The summed E-state index contributed by atoms with van der Waals surface area (Å²) in [6, 6.07) is 8.88. The molecule has 2 aromatic rings. The lowest BCUT2D eigenvalue weighted by Crippen LogP contribution is -2.28. The van der Waals surface area contributed by atoms with Crippen LogP contribution in [0.15, 0.2) is 36.4 Å². The number of aromatic hydroxyl groups is 1. The average Bonchev–Trinajstić information content (AvgIpc) is 2.50. The Hall–Kier alpha value is -2.76. The Morgan fingerprint density at radius 1 is 1.32 bits per heavy atom. The topological polar surface area (TPSA) is 70.6 Å². The van der Waals surface area contributed by atoms with Crippen molar-refractivity contribution in [2.45, 2.75) is 13.5 Å². The molecule has 0 aliphatic rings. The highest BCUT2D eigenvalue weighted by Crippen LogP contribution is 2.29. The van der Waals surface area contributed by atoms with Crippen LogP contribution in [0.2, 0.25) is 0 Å². The summed E-state index contributed by atoms with van der Waals surface area (Å²) in [5.41, 5.74) is 1.47. The summed E-state index contributed by atoms with van der Waals surface area (Å²) in [6.45, 7) is 1.75. The molecular formula is C16H17FN2O3. The molecule has 0 radical (unpaired) electrons. The Labute approximate surface area is 127 Å². The number of para-hydroxylation sites is 1. The third-order valence-electron chi connectivity index (χ3n) is 3.16. The van der Waals surface area contributed by atoms with E-state index in [1.165, 1.54) is 25.3 Å². The second kappa shape index (κ2) is 6.80. The van der Waals surface area contributed by atoms with Gasteiger partial charge in [-0.15, -0.1) is 0 Å². The van der Waals surface area contributed by atoms with Crippen LogP contribution in [-0.2, 0) is 6.54 Å². The standard InChI is InChI=1S/C16H17FN2O3/c1-10-8-12(6-7-13(10)17)19-16(21)18-9-11-4-3-5-14(22-2)15(11)20/h3-8,20H,9H2,1-2H3,(H2,18,19,21). The minimum atomic E-state index is -0.451. The van der Waals surface area contributed by atoms with Crippen LogP contribution in [0.1, 0.15) is 11.1 Å². The minimum absolute atomic E-state index is 0.0112. The van der Waals surface area contributed by atoms with Crippen molar-refractivity contribution in [3.63, 3.8) is 0 Å². The maximum atomic E-state index is 13.2. The Bertz CT molecular complexity index is 689. The molecule has 6 heteroatoms. The lowest BCUT2D eigenvalue weighted by Gasteiger charge is -2.11. The third-order valence-corrected chi connectivity index (χ3v) is 3.16. The van der Waals surface area contributed by atoms with Crippen molar-refractivity contribution in [2.24, 2.45) is 0 Å². The van der Waals surface area contributed by atoms with Crippen molar-refractivity contribution in [1.82, 2.24) is 5.32 Å². The molecule has 116 valence electrons. The van der Waals surface area contributed by atoms with Crippen LogP contribution in [0.3, 0.4) is 0 Å². The van der Waals surface area contributed by atoms with Gasteiger partial charge < -0.3 is 20.5 Å². The van der Waals surface area contributed by atoms with Crippen molar-refractivity contribution in [2.75, 3.05) is 12.4 Å². The summed E-state index contributed by atoms with van der Waals surface area (Å²) in [7, 11) is 1.45. The van der Waals surface area contributed by atoms with E-state index in [1.54, 1.807) is 25.1 Å². The summed E-state index contributed by atoms with van der Waals surface area (Å²) in [6.07, 6.45) is 0. The van der Waals surface area contributed by atoms with Gasteiger partial charge in [0.05, 0.1) is 7.11 Å². The van der Waals surface area contributed by atoms with Crippen LogP contribution >= 0.6 is 0 Å². The lowest BCUT2D eigenvalue weighted by atomic mass is 10.2. The number of hydrogen-bond donors (Lipinski definition) is 3. The Kier molecular flexibility index (Phi) is 4.83. The first kappa shape index (κ1) is 15.6. The first-order valence-electron chi connectivity index (χ1n) is 6.67. The van der Waals surface area contributed by atoms with E-state index in [0.29, 0.717) is 22.6 Å². The molecule has 0 saturated heterocycles. The number of benzene rings is 2. The number of amides is 2. The number of halogens is 1. The summed E-state index contributed by atoms with van der Waals surface area (Å²) < 4.78 is 18.2. The largest absolute Gasteiger partial charge is 0.504 e. The van der Waals surface area contributed by atoms with Gasteiger partial charge in [-0.05, 0) is 36.8 Å². The van der Waals surface area contributed by atoms with Gasteiger partial charge in [-0.1, -0.05) is 12.1 Å². The van der Waals surface area contributed by atoms with E-state index >= 15 is 0 Å². The predicted molar refractivity (Wildman–Crippen MR) is 81.7 cm³/mol. The van der Waals surface area contributed by atoms with E-state index < -0.39 is 6.03 Å². The summed E-state index contributed by atoms with van der Waals surface area (Å²) >= 11 is 0. The van der Waals surface area contributed by atoms with Crippen LogP contribution in [0.4, 0.5) is 14.9 Å². The highest BCUT2D eigenvalue weighted by atomic mass is 19.1. The number of nitrogens with one attached hydrogen (secondary N) is 2. The first-order chi connectivity index (χ1) is 10.5. The van der Waals surface area contributed by atoms with Gasteiger partial charge >= 0.3 is 6.03 Å². The van der Waals surface area contributed by atoms with E-state index in [4.69, 9.17) is 4.74 Å². The quantitative estimate of drug-likeness (QED) is 0.812. The number of rotatable bonds is 4. The molecule has 0 atom stereocenters. The van der Waals surface area contributed by atoms with Crippen molar-refractivity contribution in [1.29, 1.82) is 0 Å². The van der Waals surface area contributed by atoms with Gasteiger partial charge in [0.15, 0.2) is 11.5 Å². The van der Waals surface area contributed by atoms with Gasteiger partial charge in [-0.2, -0.15) is 0 Å². The van der Waals surface area contributed by atoms with Gasteiger partial charge in [0.2, 0.25) is 0 Å². The lowest BCUT2D eigenvalue weighted by molar-refractivity contribution is 0.251. The van der Waals surface area contributed by atoms with E-state index in [2.05, 4.69) is 10.6 Å². The summed E-state index contributed by atoms with van der Waals surface area (Å²) in [5, 5.41) is 15.1. The fourth-order valence-corrected chi connectivity index (χ4v) is 1.95. The highest BCUT2D eigenvalue weighted by molar-refractivity contribution is 5.89. The number of carbonyl (C=O) groups is 1. The molecule has 2 amide bonds. The predicted octanol–water partition coefficient (Wildman–Crippen LogP) is 3.17. The Balaban J connectivity index is 1.97. The number of anilines is 1. The molecule has 0 heterocycles. The number of ether oxygens (including phenoxy) is 1. The molecule has 0 aliphatic heterocycles. The summed E-state index contributed by atoms with van der Waals surface area (Å²) in [4.78, 5) is 11.8. The number of methoxy groups -OCH3 is 1. The average molecular weight is 304 g/mol. The normalized spacial score (nSPS) is 10.1. The van der Waals surface area contributed by atoms with Crippen molar-refractivity contribution < 1.29 is 19.0 Å². The Morgan fingerprint density at radius 3 is 2.77 bits per heavy atom. The number of phenols is 1. The number of phenolic OH excluding ortho intramolecular Hbond substituents is 1. The van der Waals surface area contributed by atoms with Gasteiger partial charge in [0.1, 0.15) is 5.82 Å². The van der Waals surface area contributed by atoms with Crippen LogP contribution in [0, 0.1) is 12.7 Å². The van der Waals surface area contributed by atoms with Crippen molar-refractivity contribution in [3.05, 3.63) is 53.3 Å². The van der Waals surface area contributed by atoms with Crippen LogP contribution in [0.5, 0.6) is 11.5 Å². The SMILES string of the molecule is COc1cccc(CNC(=O)Nc2ccc(F)c(C)c2)c1O. The molecule has 0 aliphatic carbocycles. The maximum Gasteiger partial charge on any atom is 0.319 e. The van der Waals surface area contributed by atoms with Crippen molar-refractivity contribution in [3.8, 4) is 11.5 Å². The highest BCUT2D eigenvalue weighted by Gasteiger charge is 2.09. The van der Waals surface area contributed by atoms with Crippen LogP contribution in [-0.4, -0.2) is 18.2 Å². The van der Waals surface area contributed by atoms with E-state index in [1.807, 2.05) is 0 Å². The van der Waals surface area contributed by atoms with Gasteiger partial charge in [-0.3, -0.25) is 0 Å². The molecule has 3 N–H and O–H groups in total. The van der Waals surface area contributed by atoms with E-state index in [9.17, 15) is 14.3 Å². The second-order valence-electron chi connectivity index (χ2n) is 4.74. The molecule has 2 rings (SSSR count). The molecule has 22 heavy (non-hydrogen) atoms. The van der Waals surface area contributed by atoms with E-state index in [-0.39, 0.29) is 18.1 Å². The zero-order chi connectivity index (χ0) is 16.1. The molecule has 5 nitrogen and oxygen atoms in total. The van der Waals surface area contributed by atoms with Gasteiger partial charge in [0, 0.05) is 17.8 Å². The second-order valence-corrected chi connectivity index (χ2v) is 4.74. The van der Waals surface area contributed by atoms with Crippen LogP contribution in [0.25, 0.3) is 0 Å². The fourth-order valence-electron chi connectivity index (χ4n) is 1.95. The van der Waals surface area contributed by atoms with Crippen LogP contribution < -0.4 is 15.4 Å². The zero-order valence-electron chi connectivity index (χ0n) is 12.3. The number of urea groups is 1. The fraction of sp³-hybridized carbons (Fsp3) is 0.188. The minimum Gasteiger partial charge on any atom is -0.504 e. The molecule has 0 unspecified atom stereocenters. The zero-order valence-corrected chi connectivity index (χ0v) is 12.3. The molecule has 0 fully saturated rings. The number of hydrogen-bond acceptors (Lipinski definition) is 3. The summed E-state index contributed by atoms with van der Waals surface area (Å²) in [5.74, 6) is 0.00375. The van der Waals surface area contributed by atoms with Gasteiger partial charge in [-0.25, -0.2) is 9.18 Å². The number of carbonyl (C=O) groups excluding carboxylic acids is 1. The maximum absolute atomic E-state index is 13.2. The first-order valence-corrected chi connectivity index (χ1v) is 6.67. The molecular weight excluding hydrogens is 287 g/mol. The monoisotopic (exact) mass is 304 g/mol.